The molecule has 1 aliphatic carbocycles. The zero-order valence-corrected chi connectivity index (χ0v) is 30.4. The van der Waals surface area contributed by atoms with E-state index < -0.39 is 118 Å². The van der Waals surface area contributed by atoms with Crippen LogP contribution in [0.1, 0.15) is 44.5 Å². The number of hydrogen-bond acceptors (Lipinski definition) is 16. The second-order valence-corrected chi connectivity index (χ2v) is 12.8. The average Bonchev–Trinajstić information content (AvgIpc) is 3.15. The van der Waals surface area contributed by atoms with Crippen molar-refractivity contribution in [3.8, 4) is 23.0 Å². The summed E-state index contributed by atoms with van der Waals surface area (Å²) in [6, 6.07) is 7.40. The normalized spacial score (nSPS) is 11.7. The van der Waals surface area contributed by atoms with Crippen LogP contribution in [0.15, 0.2) is 48.5 Å². The fourth-order valence-corrected chi connectivity index (χ4v) is 6.51. The largest absolute Gasteiger partial charge is 0.481 e. The minimum Gasteiger partial charge on any atom is -0.481 e. The maximum Gasteiger partial charge on any atom is 0.341 e. The first-order valence-corrected chi connectivity index (χ1v) is 16.9. The van der Waals surface area contributed by atoms with Crippen LogP contribution in [0, 0.1) is 40.5 Å². The molecule has 312 valence electrons. The van der Waals surface area contributed by atoms with Crippen LogP contribution in [0.4, 0.5) is 22.7 Å². The third-order valence-corrected chi connectivity index (χ3v) is 8.64. The summed E-state index contributed by atoms with van der Waals surface area (Å²) in [5, 5.41) is 87.5. The van der Waals surface area contributed by atoms with Crippen molar-refractivity contribution in [1.82, 2.24) is 0 Å². The molecule has 24 heteroatoms. The van der Waals surface area contributed by atoms with Crippen molar-refractivity contribution in [3.63, 3.8) is 0 Å². The van der Waals surface area contributed by atoms with E-state index in [4.69, 9.17) is 18.9 Å². The molecule has 0 heterocycles. The van der Waals surface area contributed by atoms with Crippen LogP contribution in [0.5, 0.6) is 23.0 Å². The number of nitro groups is 4. The third-order valence-electron chi connectivity index (χ3n) is 8.64. The molecule has 0 atom stereocenters. The van der Waals surface area contributed by atoms with Gasteiger partial charge in [-0.2, -0.15) is 0 Å². The van der Waals surface area contributed by atoms with E-state index in [2.05, 4.69) is 0 Å². The molecule has 4 aromatic rings. The number of fused-ring (bicyclic) bond motifs is 8. The quantitative estimate of drug-likeness (QED) is 0.0809. The van der Waals surface area contributed by atoms with E-state index in [1.165, 1.54) is 0 Å². The summed E-state index contributed by atoms with van der Waals surface area (Å²) in [4.78, 5) is 93.0. The molecule has 0 amide bonds. The summed E-state index contributed by atoms with van der Waals surface area (Å²) in [5.74, 6) is -7.65. The smallest absolute Gasteiger partial charge is 0.341 e. The van der Waals surface area contributed by atoms with E-state index >= 15 is 0 Å². The van der Waals surface area contributed by atoms with Crippen molar-refractivity contribution >= 4 is 46.6 Å². The van der Waals surface area contributed by atoms with Crippen LogP contribution in [-0.2, 0) is 44.9 Å². The lowest BCUT2D eigenvalue weighted by Gasteiger charge is -2.22. The predicted molar refractivity (Wildman–Crippen MR) is 196 cm³/mol. The molecule has 5 rings (SSSR count). The lowest BCUT2D eigenvalue weighted by atomic mass is 9.90. The van der Waals surface area contributed by atoms with Crippen LogP contribution < -0.4 is 18.9 Å². The molecule has 1 aliphatic rings. The van der Waals surface area contributed by atoms with Crippen LogP contribution in [0.25, 0.3) is 0 Å². The number of aliphatic carboxylic acids is 4. The second-order valence-electron chi connectivity index (χ2n) is 12.8. The standard InChI is InChI=1S/C36H28N4O20/c41-29(42)13-57-33-17-1-18-6-26(38(51)52)8-20(34(18)58-14-30(43)44)3-22-10-28(40(55)56)12-24(36(22)60-16-32(47)48)4-23-11-27(39(53)54)9-21(35(23)59-15-31(45)46)2-19(33)7-25(5-17)37(49)50/h5-12H,1-4,13-16H2,(H,41,42)(H,43,44)(H,45,46)(H,47,48). The molecule has 8 bridgehead atoms. The number of carboxylic acid groups (broad SMARTS) is 4. The van der Waals surface area contributed by atoms with E-state index in [0.717, 1.165) is 48.5 Å². The molecule has 4 N–H and O–H groups in total. The first-order chi connectivity index (χ1) is 28.3. The maximum atomic E-state index is 12.3. The molecule has 4 aromatic carbocycles. The van der Waals surface area contributed by atoms with Crippen molar-refractivity contribution in [2.24, 2.45) is 0 Å². The highest BCUT2D eigenvalue weighted by molar-refractivity contribution is 5.71. The fourth-order valence-electron chi connectivity index (χ4n) is 6.51. The van der Waals surface area contributed by atoms with Gasteiger partial charge < -0.3 is 39.4 Å². The Hall–Kier alpha value is -8.44. The lowest BCUT2D eigenvalue weighted by molar-refractivity contribution is -0.385. The zero-order chi connectivity index (χ0) is 44.0. The fraction of sp³-hybridized carbons (Fsp3) is 0.222. The van der Waals surface area contributed by atoms with Crippen LogP contribution in [0.3, 0.4) is 0 Å². The summed E-state index contributed by atoms with van der Waals surface area (Å²) >= 11 is 0. The third kappa shape index (κ3) is 10.1. The van der Waals surface area contributed by atoms with Gasteiger partial charge in [-0.1, -0.05) is 0 Å². The highest BCUT2D eigenvalue weighted by Gasteiger charge is 2.29. The van der Waals surface area contributed by atoms with Crippen molar-refractivity contribution in [1.29, 1.82) is 0 Å². The Balaban J connectivity index is 2.00. The molecule has 0 fully saturated rings. The minimum absolute atomic E-state index is 0.235. The van der Waals surface area contributed by atoms with Gasteiger partial charge in [0.1, 0.15) is 23.0 Å². The molecular weight excluding hydrogens is 808 g/mol. The lowest BCUT2D eigenvalue weighted by Crippen LogP contribution is -2.16. The van der Waals surface area contributed by atoms with Gasteiger partial charge in [0.2, 0.25) is 0 Å². The number of ether oxygens (including phenoxy) is 4. The number of hydrogen-bond donors (Lipinski definition) is 4. The number of nitro benzene ring substituents is 4. The van der Waals surface area contributed by atoms with E-state index in [0.29, 0.717) is 0 Å². The molecule has 24 nitrogen and oxygen atoms in total. The van der Waals surface area contributed by atoms with Crippen molar-refractivity contribution < 1.29 is 78.2 Å². The van der Waals surface area contributed by atoms with Gasteiger partial charge in [0, 0.05) is 119 Å². The zero-order valence-electron chi connectivity index (χ0n) is 30.4. The number of non-ortho nitro benzene ring substituents is 4. The van der Waals surface area contributed by atoms with Gasteiger partial charge in [-0.25, -0.2) is 19.2 Å². The van der Waals surface area contributed by atoms with Gasteiger partial charge in [-0.05, 0) is 0 Å². The maximum absolute atomic E-state index is 12.3. The summed E-state index contributed by atoms with van der Waals surface area (Å²) < 4.78 is 22.5. The molecule has 60 heavy (non-hydrogen) atoms. The summed E-state index contributed by atoms with van der Waals surface area (Å²) in [7, 11) is 0. The SMILES string of the molecule is O=C(O)COc1c2cc([N+](=O)[O-])cc1Cc1cc([N+](=O)[O-])cc(c1OCC(=O)O)Cc1cc([N+](=O)[O-])cc(c1OCC(=O)O)Cc1cc([N+](=O)[O-])cc(c1OCC(=O)O)C2. The van der Waals surface area contributed by atoms with Crippen molar-refractivity contribution in [2.75, 3.05) is 26.4 Å². The van der Waals surface area contributed by atoms with Crippen LogP contribution in [-0.4, -0.2) is 90.4 Å². The second kappa shape index (κ2) is 17.8. The number of benzene rings is 4. The Morgan fingerprint density at radius 3 is 0.650 bits per heavy atom. The molecular formula is C36H28N4O20. The molecule has 0 saturated carbocycles. The Morgan fingerprint density at radius 1 is 0.383 bits per heavy atom. The van der Waals surface area contributed by atoms with Crippen LogP contribution >= 0.6 is 0 Å². The number of carboxylic acids is 4. The summed E-state index contributed by atoms with van der Waals surface area (Å²) in [6.45, 7) is -4.30. The van der Waals surface area contributed by atoms with Gasteiger partial charge in [0.15, 0.2) is 26.4 Å². The molecule has 0 aromatic heterocycles. The van der Waals surface area contributed by atoms with E-state index in [1.54, 1.807) is 0 Å². The highest BCUT2D eigenvalue weighted by Crippen LogP contribution is 2.43. The molecule has 0 radical (unpaired) electrons. The first-order valence-electron chi connectivity index (χ1n) is 16.9. The Bertz CT molecular complexity index is 2070. The summed E-state index contributed by atoms with van der Waals surface area (Å²) in [6.07, 6.45) is -2.62. The van der Waals surface area contributed by atoms with E-state index in [9.17, 15) is 80.1 Å². The number of nitrogens with zero attached hydrogens (tertiary/aromatic N) is 4. The minimum atomic E-state index is -1.53. The highest BCUT2D eigenvalue weighted by atomic mass is 16.6. The number of rotatable bonds is 16. The molecule has 0 spiro atoms. The van der Waals surface area contributed by atoms with Crippen LogP contribution in [0.2, 0.25) is 0 Å². The molecule has 0 unspecified atom stereocenters. The summed E-state index contributed by atoms with van der Waals surface area (Å²) in [5.41, 5.74) is -4.54. The average molecular weight is 837 g/mol. The number of carbonyl (C=O) groups is 4. The van der Waals surface area contributed by atoms with Crippen molar-refractivity contribution in [3.05, 3.63) is 133 Å². The Morgan fingerprint density at radius 2 is 0.533 bits per heavy atom. The predicted octanol–water partition coefficient (Wildman–Crippen LogP) is 3.85. The molecule has 0 saturated heterocycles. The van der Waals surface area contributed by atoms with Crippen molar-refractivity contribution in [2.45, 2.75) is 25.7 Å². The van der Waals surface area contributed by atoms with Gasteiger partial charge in [-0.15, -0.1) is 0 Å². The van der Waals surface area contributed by atoms with E-state index in [-0.39, 0.29) is 67.5 Å². The van der Waals surface area contributed by atoms with Gasteiger partial charge in [-0.3, -0.25) is 40.5 Å². The Kier molecular flexibility index (Phi) is 12.7. The first kappa shape index (κ1) is 42.7. The topological polar surface area (TPSA) is 359 Å². The van der Waals surface area contributed by atoms with Gasteiger partial charge >= 0.3 is 23.9 Å². The van der Waals surface area contributed by atoms with Gasteiger partial charge in [0.05, 0.1) is 19.7 Å². The molecule has 0 aliphatic heterocycles. The Labute approximate surface area is 333 Å². The van der Waals surface area contributed by atoms with E-state index in [1.807, 2.05) is 0 Å². The monoisotopic (exact) mass is 836 g/mol. The van der Waals surface area contributed by atoms with Gasteiger partial charge in [0.25, 0.3) is 22.7 Å².